The summed E-state index contributed by atoms with van der Waals surface area (Å²) in [6.45, 7) is 3.86. The fraction of sp³-hybridized carbons (Fsp3) is 0.167. The second kappa shape index (κ2) is 4.59. The molecule has 0 saturated carbocycles. The zero-order valence-corrected chi connectivity index (χ0v) is 10.3. The van der Waals surface area contributed by atoms with Gasteiger partial charge in [0.2, 0.25) is 0 Å². The summed E-state index contributed by atoms with van der Waals surface area (Å²) in [7, 11) is 0. The van der Waals surface area contributed by atoms with Crippen molar-refractivity contribution in [2.45, 2.75) is 13.8 Å². The summed E-state index contributed by atoms with van der Waals surface area (Å²) in [5.41, 5.74) is 2.63. The molecular weight excluding hydrogens is 238 g/mol. The van der Waals surface area contributed by atoms with Crippen LogP contribution in [0.3, 0.4) is 0 Å². The van der Waals surface area contributed by atoms with E-state index in [1.54, 1.807) is 12.4 Å². The van der Waals surface area contributed by atoms with Crippen LogP contribution in [0.4, 0.5) is 10.5 Å². The van der Waals surface area contributed by atoms with Gasteiger partial charge in [-0.2, -0.15) is 0 Å². The maximum atomic E-state index is 11.8. The minimum atomic E-state index is -0.281. The maximum Gasteiger partial charge on any atom is 0.331 e. The number of hydrogen-bond acceptors (Lipinski definition) is 2. The monoisotopic (exact) mass is 249 g/mol. The van der Waals surface area contributed by atoms with E-state index in [1.807, 2.05) is 26.0 Å². The Balaban J connectivity index is 2.28. The number of aromatic nitrogens is 2. The average molecular weight is 250 g/mol. The smallest absolute Gasteiger partial charge is 0.306 e. The Bertz CT molecular complexity index is 526. The van der Waals surface area contributed by atoms with E-state index in [2.05, 4.69) is 10.3 Å². The van der Waals surface area contributed by atoms with E-state index in [9.17, 15) is 4.79 Å². The average Bonchev–Trinajstić information content (AvgIpc) is 2.76. The molecule has 17 heavy (non-hydrogen) atoms. The summed E-state index contributed by atoms with van der Waals surface area (Å²) in [5.74, 6) is 0. The summed E-state index contributed by atoms with van der Waals surface area (Å²) in [4.78, 5) is 15.6. The molecule has 1 aromatic carbocycles. The van der Waals surface area contributed by atoms with Gasteiger partial charge in [0.1, 0.15) is 6.33 Å². The van der Waals surface area contributed by atoms with Crippen LogP contribution < -0.4 is 5.32 Å². The molecule has 2 aromatic rings. The fourth-order valence-electron chi connectivity index (χ4n) is 1.62. The molecule has 1 heterocycles. The van der Waals surface area contributed by atoms with Gasteiger partial charge in [0.25, 0.3) is 0 Å². The van der Waals surface area contributed by atoms with Crippen molar-refractivity contribution >= 4 is 23.3 Å². The Morgan fingerprint density at radius 2 is 2.18 bits per heavy atom. The molecule has 0 unspecified atom stereocenters. The topological polar surface area (TPSA) is 46.9 Å². The van der Waals surface area contributed by atoms with Crippen LogP contribution in [0.25, 0.3) is 0 Å². The van der Waals surface area contributed by atoms with Crippen LogP contribution in [0.5, 0.6) is 0 Å². The first-order valence-corrected chi connectivity index (χ1v) is 5.52. The van der Waals surface area contributed by atoms with Gasteiger partial charge in [0, 0.05) is 12.4 Å². The van der Waals surface area contributed by atoms with Crippen LogP contribution >= 0.6 is 11.6 Å². The maximum absolute atomic E-state index is 11.8. The van der Waals surface area contributed by atoms with E-state index < -0.39 is 0 Å². The number of benzene rings is 1. The molecule has 88 valence electrons. The van der Waals surface area contributed by atoms with Crippen LogP contribution in [0.15, 0.2) is 30.9 Å². The molecule has 1 aromatic heterocycles. The zero-order chi connectivity index (χ0) is 12.4. The highest BCUT2D eigenvalue weighted by Crippen LogP contribution is 2.27. The predicted molar refractivity (Wildman–Crippen MR) is 67.6 cm³/mol. The molecular formula is C12H12ClN3O. The van der Waals surface area contributed by atoms with Gasteiger partial charge in [-0.05, 0) is 31.0 Å². The van der Waals surface area contributed by atoms with Crippen LogP contribution in [0.2, 0.25) is 5.02 Å². The van der Waals surface area contributed by atoms with Gasteiger partial charge in [-0.3, -0.25) is 4.57 Å². The number of carbonyl (C=O) groups excluding carboxylic acids is 1. The quantitative estimate of drug-likeness (QED) is 0.843. The zero-order valence-electron chi connectivity index (χ0n) is 9.57. The van der Waals surface area contributed by atoms with Crippen LogP contribution in [0, 0.1) is 13.8 Å². The van der Waals surface area contributed by atoms with Gasteiger partial charge < -0.3 is 5.32 Å². The lowest BCUT2D eigenvalue weighted by Crippen LogP contribution is -2.18. The van der Waals surface area contributed by atoms with Crippen LogP contribution in [-0.4, -0.2) is 15.6 Å². The standard InChI is InChI=1S/C12H12ClN3O/c1-8-5-9(2)11(10(13)6-8)15-12(17)16-4-3-14-7-16/h3-7H,1-2H3,(H,15,17). The van der Waals surface area contributed by atoms with Crippen molar-refractivity contribution in [1.82, 2.24) is 9.55 Å². The van der Waals surface area contributed by atoms with Crippen molar-refractivity contribution in [3.05, 3.63) is 47.0 Å². The van der Waals surface area contributed by atoms with Crippen molar-refractivity contribution < 1.29 is 4.79 Å². The number of aryl methyl sites for hydroxylation is 2. The second-order valence-electron chi connectivity index (χ2n) is 3.84. The minimum Gasteiger partial charge on any atom is -0.306 e. The second-order valence-corrected chi connectivity index (χ2v) is 4.25. The van der Waals surface area contributed by atoms with Gasteiger partial charge in [-0.15, -0.1) is 0 Å². The highest BCUT2D eigenvalue weighted by molar-refractivity contribution is 6.34. The predicted octanol–water partition coefficient (Wildman–Crippen LogP) is 3.23. The fourth-order valence-corrected chi connectivity index (χ4v) is 1.99. The van der Waals surface area contributed by atoms with Crippen LogP contribution in [0.1, 0.15) is 11.1 Å². The van der Waals surface area contributed by atoms with E-state index in [-0.39, 0.29) is 6.03 Å². The highest BCUT2D eigenvalue weighted by Gasteiger charge is 2.10. The lowest BCUT2D eigenvalue weighted by Gasteiger charge is -2.11. The Kier molecular flexibility index (Phi) is 3.15. The summed E-state index contributed by atoms with van der Waals surface area (Å²) >= 11 is 6.10. The Labute approximate surface area is 104 Å². The third-order valence-electron chi connectivity index (χ3n) is 2.40. The molecule has 0 saturated heterocycles. The van der Waals surface area contributed by atoms with E-state index in [0.717, 1.165) is 11.1 Å². The number of imidazole rings is 1. The molecule has 0 spiro atoms. The van der Waals surface area contributed by atoms with Gasteiger partial charge in [0.15, 0.2) is 0 Å². The first-order valence-electron chi connectivity index (χ1n) is 5.14. The Morgan fingerprint density at radius 1 is 1.41 bits per heavy atom. The number of nitrogens with zero attached hydrogens (tertiary/aromatic N) is 2. The highest BCUT2D eigenvalue weighted by atomic mass is 35.5. The number of rotatable bonds is 1. The van der Waals surface area contributed by atoms with Gasteiger partial charge >= 0.3 is 6.03 Å². The molecule has 0 aliphatic carbocycles. The number of hydrogen-bond donors (Lipinski definition) is 1. The summed E-state index contributed by atoms with van der Waals surface area (Å²) in [6.07, 6.45) is 4.56. The van der Waals surface area contributed by atoms with E-state index >= 15 is 0 Å². The van der Waals surface area contributed by atoms with E-state index in [1.165, 1.54) is 10.9 Å². The van der Waals surface area contributed by atoms with E-state index in [0.29, 0.717) is 10.7 Å². The third-order valence-corrected chi connectivity index (χ3v) is 2.70. The minimum absolute atomic E-state index is 0.281. The molecule has 2 rings (SSSR count). The summed E-state index contributed by atoms with van der Waals surface area (Å²) < 4.78 is 1.36. The van der Waals surface area contributed by atoms with Gasteiger partial charge in [-0.1, -0.05) is 17.7 Å². The lowest BCUT2D eigenvalue weighted by atomic mass is 10.1. The van der Waals surface area contributed by atoms with Crippen molar-refractivity contribution in [2.24, 2.45) is 0 Å². The molecule has 1 N–H and O–H groups in total. The first-order chi connectivity index (χ1) is 8.08. The Hall–Kier alpha value is -1.81. The summed E-state index contributed by atoms with van der Waals surface area (Å²) in [6, 6.07) is 3.50. The molecule has 5 heteroatoms. The molecule has 1 amide bonds. The molecule has 4 nitrogen and oxygen atoms in total. The number of nitrogens with one attached hydrogen (secondary N) is 1. The molecule has 0 aliphatic heterocycles. The summed E-state index contributed by atoms with van der Waals surface area (Å²) in [5, 5.41) is 3.30. The van der Waals surface area contributed by atoms with Gasteiger partial charge in [-0.25, -0.2) is 9.78 Å². The number of anilines is 1. The number of carbonyl (C=O) groups is 1. The molecule has 0 bridgehead atoms. The molecule has 0 fully saturated rings. The number of amides is 1. The largest absolute Gasteiger partial charge is 0.331 e. The molecule has 0 aliphatic rings. The van der Waals surface area contributed by atoms with Gasteiger partial charge in [0.05, 0.1) is 10.7 Å². The normalized spacial score (nSPS) is 10.3. The third kappa shape index (κ3) is 2.47. The molecule has 0 radical (unpaired) electrons. The van der Waals surface area contributed by atoms with E-state index in [4.69, 9.17) is 11.6 Å². The Morgan fingerprint density at radius 3 is 2.76 bits per heavy atom. The van der Waals surface area contributed by atoms with Crippen molar-refractivity contribution in [1.29, 1.82) is 0 Å². The van der Waals surface area contributed by atoms with Crippen molar-refractivity contribution in [3.63, 3.8) is 0 Å². The molecule has 0 atom stereocenters. The first kappa shape index (κ1) is 11.7. The van der Waals surface area contributed by atoms with Crippen molar-refractivity contribution in [2.75, 3.05) is 5.32 Å². The van der Waals surface area contributed by atoms with Crippen molar-refractivity contribution in [3.8, 4) is 0 Å². The van der Waals surface area contributed by atoms with Crippen LogP contribution in [-0.2, 0) is 0 Å². The number of halogens is 1. The SMILES string of the molecule is Cc1cc(C)c(NC(=O)n2ccnc2)c(Cl)c1. The lowest BCUT2D eigenvalue weighted by molar-refractivity contribution is 0.253.